The molecule has 3 nitrogen and oxygen atoms in total. The monoisotopic (exact) mass is 327 g/mol. The van der Waals surface area contributed by atoms with Gasteiger partial charge in [-0.15, -0.1) is 12.4 Å². The molecule has 1 rings (SSSR count). The van der Waals surface area contributed by atoms with Crippen molar-refractivity contribution in [2.75, 3.05) is 0 Å². The predicted molar refractivity (Wildman–Crippen MR) is 65.7 cm³/mol. The van der Waals surface area contributed by atoms with E-state index in [1.165, 1.54) is 0 Å². The summed E-state index contributed by atoms with van der Waals surface area (Å²) in [7, 11) is 0. The topological polar surface area (TPSA) is 63.3 Å². The fraction of sp³-hybridized carbons (Fsp3) is 0.222. The van der Waals surface area contributed by atoms with Crippen LogP contribution in [-0.2, 0) is 11.2 Å². The van der Waals surface area contributed by atoms with E-state index in [9.17, 15) is 4.79 Å². The minimum Gasteiger partial charge on any atom is -0.480 e. The average molecular weight is 328 g/mol. The van der Waals surface area contributed by atoms with Crippen LogP contribution >= 0.6 is 35.0 Å². The molecule has 0 bridgehead atoms. The summed E-state index contributed by atoms with van der Waals surface area (Å²) in [5.74, 6) is -0.960. The van der Waals surface area contributed by atoms with Crippen molar-refractivity contribution in [1.82, 2.24) is 0 Å². The van der Waals surface area contributed by atoms with Gasteiger partial charge in [0.1, 0.15) is 6.04 Å². The third kappa shape index (κ3) is 4.26. The molecular formula is C9H11ClINO2. The Morgan fingerprint density at radius 3 is 2.36 bits per heavy atom. The van der Waals surface area contributed by atoms with E-state index in [0.29, 0.717) is 6.42 Å². The quantitative estimate of drug-likeness (QED) is 0.830. The maximum absolute atomic E-state index is 10.4. The summed E-state index contributed by atoms with van der Waals surface area (Å²) < 4.78 is 1.13. The van der Waals surface area contributed by atoms with Crippen molar-refractivity contribution in [2.45, 2.75) is 12.5 Å². The zero-order valence-electron chi connectivity index (χ0n) is 7.31. The maximum atomic E-state index is 10.4. The first-order valence-corrected chi connectivity index (χ1v) is 4.90. The van der Waals surface area contributed by atoms with Gasteiger partial charge in [0.15, 0.2) is 0 Å². The van der Waals surface area contributed by atoms with Crippen molar-refractivity contribution < 1.29 is 9.90 Å². The fourth-order valence-corrected chi connectivity index (χ4v) is 1.32. The van der Waals surface area contributed by atoms with Gasteiger partial charge in [-0.3, -0.25) is 4.79 Å². The fourth-order valence-electron chi connectivity index (χ4n) is 0.962. The number of hydrogen-bond donors (Lipinski definition) is 2. The summed E-state index contributed by atoms with van der Waals surface area (Å²) in [6.07, 6.45) is 0.381. The first-order chi connectivity index (χ1) is 6.09. The van der Waals surface area contributed by atoms with E-state index in [0.717, 1.165) is 9.13 Å². The molecule has 5 heteroatoms. The molecule has 1 aromatic rings. The van der Waals surface area contributed by atoms with Crippen LogP contribution in [0.3, 0.4) is 0 Å². The third-order valence-electron chi connectivity index (χ3n) is 1.69. The second-order valence-corrected chi connectivity index (χ2v) is 4.02. The maximum Gasteiger partial charge on any atom is 0.320 e. The number of carboxylic acid groups (broad SMARTS) is 1. The smallest absolute Gasteiger partial charge is 0.320 e. The van der Waals surface area contributed by atoms with Crippen LogP contribution in [0.25, 0.3) is 0 Å². The second kappa shape index (κ2) is 6.21. The SMILES string of the molecule is Cl.N[C@@H](Cc1ccc(I)cc1)C(=O)O. The Balaban J connectivity index is 0.00000169. The molecule has 0 spiro atoms. The second-order valence-electron chi connectivity index (χ2n) is 2.78. The Morgan fingerprint density at radius 2 is 1.93 bits per heavy atom. The van der Waals surface area contributed by atoms with Gasteiger partial charge in [-0.1, -0.05) is 12.1 Å². The van der Waals surface area contributed by atoms with Gasteiger partial charge < -0.3 is 10.8 Å². The molecular weight excluding hydrogens is 316 g/mol. The van der Waals surface area contributed by atoms with E-state index >= 15 is 0 Å². The predicted octanol–water partition coefficient (Wildman–Crippen LogP) is 1.67. The Kier molecular flexibility index (Phi) is 6.06. The number of carbonyl (C=O) groups is 1. The third-order valence-corrected chi connectivity index (χ3v) is 2.41. The highest BCUT2D eigenvalue weighted by Gasteiger charge is 2.11. The number of carboxylic acids is 1. The lowest BCUT2D eigenvalue weighted by molar-refractivity contribution is -0.138. The number of benzene rings is 1. The summed E-state index contributed by atoms with van der Waals surface area (Å²) in [4.78, 5) is 10.4. The first kappa shape index (κ1) is 13.7. The molecule has 0 aromatic heterocycles. The lowest BCUT2D eigenvalue weighted by Crippen LogP contribution is -2.32. The molecule has 3 N–H and O–H groups in total. The number of nitrogens with two attached hydrogens (primary N) is 1. The number of hydrogen-bond acceptors (Lipinski definition) is 2. The van der Waals surface area contributed by atoms with E-state index in [1.54, 1.807) is 0 Å². The van der Waals surface area contributed by atoms with Crippen LogP contribution in [0.2, 0.25) is 0 Å². The highest BCUT2D eigenvalue weighted by molar-refractivity contribution is 14.1. The van der Waals surface area contributed by atoms with Gasteiger partial charge in [0.25, 0.3) is 0 Å². The zero-order chi connectivity index (χ0) is 9.84. The van der Waals surface area contributed by atoms with Crippen LogP contribution in [0.5, 0.6) is 0 Å². The van der Waals surface area contributed by atoms with Gasteiger partial charge in [0.2, 0.25) is 0 Å². The molecule has 0 aliphatic rings. The molecule has 78 valence electrons. The lowest BCUT2D eigenvalue weighted by Gasteiger charge is -2.05. The van der Waals surface area contributed by atoms with Gasteiger partial charge in [-0.05, 0) is 46.7 Å². The Morgan fingerprint density at radius 1 is 1.43 bits per heavy atom. The van der Waals surface area contributed by atoms with E-state index in [-0.39, 0.29) is 12.4 Å². The van der Waals surface area contributed by atoms with Gasteiger partial charge in [0.05, 0.1) is 0 Å². The molecule has 0 fully saturated rings. The minimum absolute atomic E-state index is 0. The van der Waals surface area contributed by atoms with Gasteiger partial charge in [-0.25, -0.2) is 0 Å². The lowest BCUT2D eigenvalue weighted by atomic mass is 10.1. The van der Waals surface area contributed by atoms with Gasteiger partial charge in [0, 0.05) is 3.57 Å². The standard InChI is InChI=1S/C9H10INO2.ClH/c10-7-3-1-6(2-4-7)5-8(11)9(12)13;/h1-4,8H,5,11H2,(H,12,13);1H/t8-;/m0./s1. The summed E-state index contributed by atoms with van der Waals surface area (Å²) >= 11 is 2.20. The molecule has 1 aromatic carbocycles. The molecule has 0 aliphatic carbocycles. The summed E-state index contributed by atoms with van der Waals surface area (Å²) in [6.45, 7) is 0. The summed E-state index contributed by atoms with van der Waals surface area (Å²) in [5.41, 5.74) is 6.34. The molecule has 0 saturated heterocycles. The van der Waals surface area contributed by atoms with Crippen LogP contribution in [0, 0.1) is 3.57 Å². The molecule has 0 radical (unpaired) electrons. The molecule has 0 saturated carbocycles. The van der Waals surface area contributed by atoms with Gasteiger partial charge in [-0.2, -0.15) is 0 Å². The first-order valence-electron chi connectivity index (χ1n) is 3.82. The molecule has 0 unspecified atom stereocenters. The summed E-state index contributed by atoms with van der Waals surface area (Å²) in [6, 6.07) is 6.85. The van der Waals surface area contributed by atoms with E-state index in [1.807, 2.05) is 24.3 Å². The van der Waals surface area contributed by atoms with Crippen LogP contribution in [0.15, 0.2) is 24.3 Å². The van der Waals surface area contributed by atoms with Crippen molar-refractivity contribution in [3.05, 3.63) is 33.4 Å². The van der Waals surface area contributed by atoms with Crippen LogP contribution < -0.4 is 5.73 Å². The number of halogens is 2. The molecule has 14 heavy (non-hydrogen) atoms. The number of rotatable bonds is 3. The Labute approximate surface area is 102 Å². The molecule has 0 amide bonds. The van der Waals surface area contributed by atoms with Crippen LogP contribution in [0.1, 0.15) is 5.56 Å². The van der Waals surface area contributed by atoms with Crippen molar-refractivity contribution in [1.29, 1.82) is 0 Å². The molecule has 0 aliphatic heterocycles. The number of aliphatic carboxylic acids is 1. The summed E-state index contributed by atoms with van der Waals surface area (Å²) in [5, 5.41) is 8.57. The van der Waals surface area contributed by atoms with Crippen molar-refractivity contribution in [2.24, 2.45) is 5.73 Å². The highest BCUT2D eigenvalue weighted by Crippen LogP contribution is 2.08. The van der Waals surface area contributed by atoms with Crippen molar-refractivity contribution in [3.8, 4) is 0 Å². The minimum atomic E-state index is -0.960. The zero-order valence-corrected chi connectivity index (χ0v) is 10.3. The Hall–Kier alpha value is -0.330. The average Bonchev–Trinajstić information content (AvgIpc) is 2.08. The van der Waals surface area contributed by atoms with Crippen molar-refractivity contribution >= 4 is 41.0 Å². The highest BCUT2D eigenvalue weighted by atomic mass is 127. The molecule has 0 heterocycles. The van der Waals surface area contributed by atoms with Crippen LogP contribution in [-0.4, -0.2) is 17.1 Å². The van der Waals surface area contributed by atoms with E-state index in [4.69, 9.17) is 10.8 Å². The largest absolute Gasteiger partial charge is 0.480 e. The molecule has 1 atom stereocenters. The van der Waals surface area contributed by atoms with Crippen LogP contribution in [0.4, 0.5) is 0 Å². The normalized spacial score (nSPS) is 11.6. The van der Waals surface area contributed by atoms with E-state index < -0.39 is 12.0 Å². The van der Waals surface area contributed by atoms with Crippen molar-refractivity contribution in [3.63, 3.8) is 0 Å². The van der Waals surface area contributed by atoms with E-state index in [2.05, 4.69) is 22.6 Å². The Bertz CT molecular complexity index is 302. The van der Waals surface area contributed by atoms with Gasteiger partial charge >= 0.3 is 5.97 Å².